The molecule has 1 saturated heterocycles. The molecule has 1 aromatic rings. The summed E-state index contributed by atoms with van der Waals surface area (Å²) in [6.45, 7) is 4.96. The number of carbonyl (C=O) groups excluding carboxylic acids is 1. The van der Waals surface area contributed by atoms with Crippen molar-refractivity contribution in [3.63, 3.8) is 0 Å². The van der Waals surface area contributed by atoms with Crippen LogP contribution in [-0.4, -0.2) is 25.5 Å². The number of nitrogens with one attached hydrogen (secondary N) is 1. The topological polar surface area (TPSA) is 32.3 Å². The van der Waals surface area contributed by atoms with E-state index in [-0.39, 0.29) is 18.3 Å². The summed E-state index contributed by atoms with van der Waals surface area (Å²) in [7, 11) is 0. The Morgan fingerprint density at radius 2 is 2.05 bits per heavy atom. The first-order valence-corrected chi connectivity index (χ1v) is 7.37. The predicted molar refractivity (Wildman–Crippen MR) is 84.7 cm³/mol. The van der Waals surface area contributed by atoms with Crippen molar-refractivity contribution in [3.05, 3.63) is 29.3 Å². The summed E-state index contributed by atoms with van der Waals surface area (Å²) >= 11 is 0. The van der Waals surface area contributed by atoms with Gasteiger partial charge in [0.2, 0.25) is 5.91 Å². The average molecular weight is 295 g/mol. The predicted octanol–water partition coefficient (Wildman–Crippen LogP) is 2.70. The fraction of sp³-hybridized carbons (Fsp3) is 0.562. The Bertz CT molecular complexity index is 483. The lowest BCUT2D eigenvalue weighted by atomic mass is 9.93. The van der Waals surface area contributed by atoms with Crippen LogP contribution in [0.2, 0.25) is 0 Å². The van der Waals surface area contributed by atoms with Gasteiger partial charge in [-0.1, -0.05) is 17.7 Å². The highest BCUT2D eigenvalue weighted by Crippen LogP contribution is 2.30. The second kappa shape index (κ2) is 6.59. The Kier molecular flexibility index (Phi) is 5.06. The Morgan fingerprint density at radius 1 is 1.30 bits per heavy atom. The summed E-state index contributed by atoms with van der Waals surface area (Å²) in [5.41, 5.74) is 3.78. The maximum atomic E-state index is 12.7. The van der Waals surface area contributed by atoms with Crippen LogP contribution in [0.25, 0.3) is 0 Å². The molecule has 3 rings (SSSR count). The Morgan fingerprint density at radius 3 is 2.80 bits per heavy atom. The number of anilines is 1. The summed E-state index contributed by atoms with van der Waals surface area (Å²) in [6.07, 6.45) is 4.16. The van der Waals surface area contributed by atoms with Crippen LogP contribution in [0.4, 0.5) is 5.69 Å². The van der Waals surface area contributed by atoms with E-state index in [1.807, 2.05) is 4.90 Å². The number of carbonyl (C=O) groups is 1. The highest BCUT2D eigenvalue weighted by atomic mass is 35.5. The van der Waals surface area contributed by atoms with E-state index >= 15 is 0 Å². The zero-order chi connectivity index (χ0) is 13.2. The first kappa shape index (κ1) is 15.3. The van der Waals surface area contributed by atoms with E-state index in [1.54, 1.807) is 0 Å². The number of aryl methyl sites for hydroxylation is 2. The SMILES string of the molecule is Cc1ccc2c(c1)CCCN2C(=O)C1CCNCC1.Cl. The van der Waals surface area contributed by atoms with Gasteiger partial charge in [-0.3, -0.25) is 4.79 Å². The summed E-state index contributed by atoms with van der Waals surface area (Å²) in [6, 6.07) is 6.48. The van der Waals surface area contributed by atoms with Crippen molar-refractivity contribution in [1.82, 2.24) is 5.32 Å². The smallest absolute Gasteiger partial charge is 0.230 e. The van der Waals surface area contributed by atoms with E-state index in [2.05, 4.69) is 30.4 Å². The number of nitrogens with zero attached hydrogens (tertiary/aromatic N) is 1. The molecule has 1 N–H and O–H groups in total. The van der Waals surface area contributed by atoms with Crippen molar-refractivity contribution in [2.75, 3.05) is 24.5 Å². The Labute approximate surface area is 127 Å². The number of halogens is 1. The highest BCUT2D eigenvalue weighted by molar-refractivity contribution is 5.96. The first-order chi connectivity index (χ1) is 9.25. The lowest BCUT2D eigenvalue weighted by Crippen LogP contribution is -2.43. The van der Waals surface area contributed by atoms with Crippen LogP contribution in [0.1, 0.15) is 30.4 Å². The van der Waals surface area contributed by atoms with Gasteiger partial charge in [0.25, 0.3) is 0 Å². The summed E-state index contributed by atoms with van der Waals surface area (Å²) < 4.78 is 0. The second-order valence-corrected chi connectivity index (χ2v) is 5.75. The molecule has 110 valence electrons. The van der Waals surface area contributed by atoms with E-state index in [4.69, 9.17) is 0 Å². The molecule has 2 heterocycles. The van der Waals surface area contributed by atoms with Crippen LogP contribution in [0.3, 0.4) is 0 Å². The average Bonchev–Trinajstić information content (AvgIpc) is 2.46. The molecule has 1 aromatic carbocycles. The van der Waals surface area contributed by atoms with Crippen LogP contribution in [0.5, 0.6) is 0 Å². The van der Waals surface area contributed by atoms with Crippen LogP contribution in [0.15, 0.2) is 18.2 Å². The molecule has 0 aliphatic carbocycles. The largest absolute Gasteiger partial charge is 0.317 e. The number of piperidine rings is 1. The molecule has 1 amide bonds. The second-order valence-electron chi connectivity index (χ2n) is 5.75. The maximum Gasteiger partial charge on any atom is 0.230 e. The van der Waals surface area contributed by atoms with Gasteiger partial charge >= 0.3 is 0 Å². The van der Waals surface area contributed by atoms with Gasteiger partial charge in [-0.2, -0.15) is 0 Å². The summed E-state index contributed by atoms with van der Waals surface area (Å²) in [5.74, 6) is 0.555. The minimum Gasteiger partial charge on any atom is -0.317 e. The number of hydrogen-bond acceptors (Lipinski definition) is 2. The molecule has 3 nitrogen and oxygen atoms in total. The van der Waals surface area contributed by atoms with Gasteiger partial charge < -0.3 is 10.2 Å². The van der Waals surface area contributed by atoms with Gasteiger partial charge in [0.1, 0.15) is 0 Å². The van der Waals surface area contributed by atoms with E-state index in [0.717, 1.165) is 51.0 Å². The van der Waals surface area contributed by atoms with Gasteiger partial charge in [0.05, 0.1) is 0 Å². The fourth-order valence-corrected chi connectivity index (χ4v) is 3.24. The van der Waals surface area contributed by atoms with Crippen molar-refractivity contribution < 1.29 is 4.79 Å². The monoisotopic (exact) mass is 294 g/mol. The Balaban J connectivity index is 0.00000147. The van der Waals surface area contributed by atoms with Crippen molar-refractivity contribution in [1.29, 1.82) is 0 Å². The van der Waals surface area contributed by atoms with Gasteiger partial charge in [-0.25, -0.2) is 0 Å². The molecular formula is C16H23ClN2O. The number of hydrogen-bond donors (Lipinski definition) is 1. The molecule has 4 heteroatoms. The van der Waals surface area contributed by atoms with Crippen LogP contribution in [-0.2, 0) is 11.2 Å². The molecule has 0 saturated carbocycles. The van der Waals surface area contributed by atoms with Gasteiger partial charge in [-0.05, 0) is 57.3 Å². The third-order valence-electron chi connectivity index (χ3n) is 4.31. The van der Waals surface area contributed by atoms with Crippen LogP contribution < -0.4 is 10.2 Å². The number of rotatable bonds is 1. The minimum absolute atomic E-state index is 0. The standard InChI is InChI=1S/C16H22N2O.ClH/c1-12-4-5-15-14(11-12)3-2-10-18(15)16(19)13-6-8-17-9-7-13;/h4-5,11,13,17H,2-3,6-10H2,1H3;1H. The Hall–Kier alpha value is -1.06. The molecule has 0 aromatic heterocycles. The third-order valence-corrected chi connectivity index (χ3v) is 4.31. The van der Waals surface area contributed by atoms with Crippen molar-refractivity contribution in [2.24, 2.45) is 5.92 Å². The van der Waals surface area contributed by atoms with E-state index in [9.17, 15) is 4.79 Å². The molecular weight excluding hydrogens is 272 g/mol. The lowest BCUT2D eigenvalue weighted by molar-refractivity contribution is -0.123. The molecule has 2 aliphatic heterocycles. The van der Waals surface area contributed by atoms with Gasteiger partial charge in [-0.15, -0.1) is 12.4 Å². The first-order valence-electron chi connectivity index (χ1n) is 7.37. The quantitative estimate of drug-likeness (QED) is 0.864. The van der Waals surface area contributed by atoms with Gasteiger partial charge in [0, 0.05) is 18.2 Å². The lowest BCUT2D eigenvalue weighted by Gasteiger charge is -2.34. The fourth-order valence-electron chi connectivity index (χ4n) is 3.24. The van der Waals surface area contributed by atoms with Crippen LogP contribution >= 0.6 is 12.4 Å². The number of benzene rings is 1. The van der Waals surface area contributed by atoms with Crippen molar-refractivity contribution >= 4 is 24.0 Å². The van der Waals surface area contributed by atoms with Crippen LogP contribution in [0, 0.1) is 12.8 Å². The number of fused-ring (bicyclic) bond motifs is 1. The van der Waals surface area contributed by atoms with E-state index in [1.165, 1.54) is 11.1 Å². The highest BCUT2D eigenvalue weighted by Gasteiger charge is 2.29. The molecule has 0 bridgehead atoms. The summed E-state index contributed by atoms with van der Waals surface area (Å²) in [4.78, 5) is 14.7. The molecule has 2 aliphatic rings. The zero-order valence-electron chi connectivity index (χ0n) is 12.0. The molecule has 20 heavy (non-hydrogen) atoms. The summed E-state index contributed by atoms with van der Waals surface area (Å²) in [5, 5.41) is 3.33. The molecule has 0 unspecified atom stereocenters. The molecule has 0 atom stereocenters. The van der Waals surface area contributed by atoms with Gasteiger partial charge in [0.15, 0.2) is 0 Å². The normalized spacial score (nSPS) is 19.1. The molecule has 0 radical (unpaired) electrons. The third kappa shape index (κ3) is 2.99. The van der Waals surface area contributed by atoms with Crippen molar-refractivity contribution in [3.8, 4) is 0 Å². The molecule has 1 fully saturated rings. The van der Waals surface area contributed by atoms with E-state index in [0.29, 0.717) is 5.91 Å². The molecule has 0 spiro atoms. The van der Waals surface area contributed by atoms with E-state index < -0.39 is 0 Å². The maximum absolute atomic E-state index is 12.7. The van der Waals surface area contributed by atoms with Crippen molar-refractivity contribution in [2.45, 2.75) is 32.6 Å². The zero-order valence-corrected chi connectivity index (χ0v) is 12.8. The minimum atomic E-state index is 0. The number of amides is 1.